The zero-order valence-electron chi connectivity index (χ0n) is 16.6. The van der Waals surface area contributed by atoms with Crippen molar-refractivity contribution in [2.24, 2.45) is 0 Å². The van der Waals surface area contributed by atoms with Crippen molar-refractivity contribution in [3.05, 3.63) is 87.3 Å². The van der Waals surface area contributed by atoms with Gasteiger partial charge < -0.3 is 15.1 Å². The number of anilines is 2. The van der Waals surface area contributed by atoms with Gasteiger partial charge in [-0.3, -0.25) is 4.98 Å². The quantitative estimate of drug-likeness (QED) is 0.231. The van der Waals surface area contributed by atoms with Crippen molar-refractivity contribution in [2.45, 2.75) is 13.0 Å². The van der Waals surface area contributed by atoms with Crippen molar-refractivity contribution in [2.75, 3.05) is 11.9 Å². The molecule has 0 aliphatic heterocycles. The van der Waals surface area contributed by atoms with Crippen LogP contribution in [-0.4, -0.2) is 21.7 Å². The van der Waals surface area contributed by atoms with E-state index in [1.54, 1.807) is 12.3 Å². The summed E-state index contributed by atoms with van der Waals surface area (Å²) in [7, 11) is 0. The number of hydrogen-bond donors (Lipinski definition) is 2. The predicted molar refractivity (Wildman–Crippen MR) is 122 cm³/mol. The summed E-state index contributed by atoms with van der Waals surface area (Å²) in [6.07, 6.45) is 2.45. The van der Waals surface area contributed by atoms with E-state index in [-0.39, 0.29) is 35.3 Å². The molecular weight excluding hydrogens is 534 g/mol. The van der Waals surface area contributed by atoms with E-state index in [0.29, 0.717) is 10.1 Å². The van der Waals surface area contributed by atoms with Crippen LogP contribution in [0.25, 0.3) is 11.5 Å². The fourth-order valence-electron chi connectivity index (χ4n) is 2.97. The number of pyridine rings is 1. The fraction of sp³-hybridized carbons (Fsp3) is 0.136. The molecule has 0 unspecified atom stereocenters. The molecule has 0 spiro atoms. The molecule has 0 saturated carbocycles. The van der Waals surface area contributed by atoms with Crippen LogP contribution in [0.5, 0.6) is 0 Å². The first-order valence-corrected chi connectivity index (χ1v) is 10.7. The van der Waals surface area contributed by atoms with E-state index in [2.05, 4.69) is 25.8 Å². The number of hydrogen-bond acceptors (Lipinski definition) is 6. The maximum absolute atomic E-state index is 14.6. The van der Waals surface area contributed by atoms with Crippen LogP contribution in [0.15, 0.2) is 59.1 Å². The van der Waals surface area contributed by atoms with Crippen molar-refractivity contribution >= 4 is 34.0 Å². The molecule has 0 aliphatic carbocycles. The molecule has 0 amide bonds. The minimum atomic E-state index is -1.17. The monoisotopic (exact) mass is 551 g/mol. The number of benzene rings is 2. The number of nitrogens with zero attached hydrogens (tertiary/aromatic N) is 3. The highest BCUT2D eigenvalue weighted by molar-refractivity contribution is 14.1. The lowest BCUT2D eigenvalue weighted by Gasteiger charge is -2.12. The lowest BCUT2D eigenvalue weighted by Crippen LogP contribution is -2.17. The summed E-state index contributed by atoms with van der Waals surface area (Å²) >= 11 is 1.96. The molecule has 0 aliphatic rings. The molecule has 2 heterocycles. The van der Waals surface area contributed by atoms with Gasteiger partial charge in [0.05, 0.1) is 23.5 Å². The van der Waals surface area contributed by atoms with Gasteiger partial charge in [-0.15, -0.1) is 10.2 Å². The Morgan fingerprint density at radius 1 is 0.969 bits per heavy atom. The summed E-state index contributed by atoms with van der Waals surface area (Å²) < 4.78 is 49.0. The Bertz CT molecular complexity index is 1220. The number of aromatic nitrogens is 3. The summed E-state index contributed by atoms with van der Waals surface area (Å²) in [5.41, 5.74) is 0.774. The Morgan fingerprint density at radius 2 is 1.84 bits per heavy atom. The highest BCUT2D eigenvalue weighted by atomic mass is 127. The molecule has 0 saturated heterocycles. The summed E-state index contributed by atoms with van der Waals surface area (Å²) in [5, 5.41) is 13.7. The highest BCUT2D eigenvalue weighted by Gasteiger charge is 2.20. The standard InChI is InChI=1S/C22H17F3IN5O/c23-16-6-5-15(21(20(16)25)29-18-7-4-13(26)11-17(18)24)22-31-30-19(32-22)12-27-10-8-14-3-1-2-9-28-14/h1-7,9,11,27,29H,8,10,12H2. The second kappa shape index (κ2) is 10.1. The molecule has 0 bridgehead atoms. The van der Waals surface area contributed by atoms with Gasteiger partial charge >= 0.3 is 0 Å². The van der Waals surface area contributed by atoms with E-state index in [4.69, 9.17) is 4.42 Å². The maximum atomic E-state index is 14.6. The minimum Gasteiger partial charge on any atom is -0.419 e. The molecule has 0 radical (unpaired) electrons. The van der Waals surface area contributed by atoms with Crippen molar-refractivity contribution in [1.82, 2.24) is 20.5 Å². The van der Waals surface area contributed by atoms with E-state index in [1.165, 1.54) is 18.2 Å². The third-order valence-electron chi connectivity index (χ3n) is 4.54. The maximum Gasteiger partial charge on any atom is 0.250 e. The number of nitrogens with one attached hydrogen (secondary N) is 2. The lowest BCUT2D eigenvalue weighted by molar-refractivity contribution is 0.477. The van der Waals surface area contributed by atoms with Crippen molar-refractivity contribution in [1.29, 1.82) is 0 Å². The zero-order chi connectivity index (χ0) is 22.5. The van der Waals surface area contributed by atoms with Gasteiger partial charge in [-0.1, -0.05) is 6.07 Å². The van der Waals surface area contributed by atoms with Crippen LogP contribution < -0.4 is 10.6 Å². The van der Waals surface area contributed by atoms with E-state index < -0.39 is 17.5 Å². The Balaban J connectivity index is 1.50. The van der Waals surface area contributed by atoms with Crippen LogP contribution in [0.3, 0.4) is 0 Å². The van der Waals surface area contributed by atoms with Gasteiger partial charge in [0.2, 0.25) is 11.8 Å². The average Bonchev–Trinajstić information content (AvgIpc) is 3.25. The van der Waals surface area contributed by atoms with Gasteiger partial charge in [0.25, 0.3) is 0 Å². The van der Waals surface area contributed by atoms with E-state index >= 15 is 0 Å². The van der Waals surface area contributed by atoms with Crippen LogP contribution in [-0.2, 0) is 13.0 Å². The minimum absolute atomic E-state index is 0.00732. The molecule has 10 heteroatoms. The molecule has 4 aromatic rings. The van der Waals surface area contributed by atoms with Gasteiger partial charge in [0.15, 0.2) is 11.6 Å². The highest BCUT2D eigenvalue weighted by Crippen LogP contribution is 2.34. The van der Waals surface area contributed by atoms with Gasteiger partial charge in [-0.05, 0) is 65.1 Å². The predicted octanol–water partition coefficient (Wildman–Crippen LogP) is 5.23. The second-order valence-corrected chi connectivity index (χ2v) is 8.03. The third kappa shape index (κ3) is 5.25. The topological polar surface area (TPSA) is 75.9 Å². The second-order valence-electron chi connectivity index (χ2n) is 6.78. The first-order valence-electron chi connectivity index (χ1n) is 9.64. The van der Waals surface area contributed by atoms with Crippen LogP contribution in [0, 0.1) is 21.0 Å². The first-order chi connectivity index (χ1) is 15.5. The first kappa shape index (κ1) is 22.2. The van der Waals surface area contributed by atoms with E-state index in [0.717, 1.165) is 18.2 Å². The number of halogens is 4. The summed E-state index contributed by atoms with van der Waals surface area (Å²) in [4.78, 5) is 4.25. The molecule has 0 fully saturated rings. The van der Waals surface area contributed by atoms with Crippen LogP contribution in [0.1, 0.15) is 11.6 Å². The molecule has 164 valence electrons. The van der Waals surface area contributed by atoms with E-state index in [1.807, 2.05) is 40.8 Å². The van der Waals surface area contributed by atoms with Crippen molar-refractivity contribution in [3.8, 4) is 11.5 Å². The SMILES string of the molecule is Fc1cc(I)ccc1Nc1c(-c2nnc(CNCCc3ccccn3)o2)ccc(F)c1F. The zero-order valence-corrected chi connectivity index (χ0v) is 18.7. The fourth-order valence-corrected chi connectivity index (χ4v) is 3.42. The average molecular weight is 551 g/mol. The van der Waals surface area contributed by atoms with Crippen LogP contribution in [0.2, 0.25) is 0 Å². The third-order valence-corrected chi connectivity index (χ3v) is 5.21. The summed E-state index contributed by atoms with van der Waals surface area (Å²) in [5.74, 6) is -2.60. The summed E-state index contributed by atoms with van der Waals surface area (Å²) in [6, 6.07) is 12.3. The van der Waals surface area contributed by atoms with Gasteiger partial charge in [-0.25, -0.2) is 13.2 Å². The molecular formula is C22H17F3IN5O. The Labute approximate surface area is 195 Å². The Kier molecular flexibility index (Phi) is 7.00. The van der Waals surface area contributed by atoms with Gasteiger partial charge in [0.1, 0.15) is 5.82 Å². The molecule has 4 rings (SSSR count). The van der Waals surface area contributed by atoms with Crippen molar-refractivity contribution in [3.63, 3.8) is 0 Å². The summed E-state index contributed by atoms with van der Waals surface area (Å²) in [6.45, 7) is 0.927. The number of rotatable bonds is 8. The normalized spacial score (nSPS) is 11.0. The largest absolute Gasteiger partial charge is 0.419 e. The van der Waals surface area contributed by atoms with Crippen LogP contribution >= 0.6 is 22.6 Å². The molecule has 6 nitrogen and oxygen atoms in total. The van der Waals surface area contributed by atoms with Crippen molar-refractivity contribution < 1.29 is 17.6 Å². The van der Waals surface area contributed by atoms with Crippen LogP contribution in [0.4, 0.5) is 24.5 Å². The molecule has 2 aromatic heterocycles. The molecule has 32 heavy (non-hydrogen) atoms. The van der Waals surface area contributed by atoms with E-state index in [9.17, 15) is 13.2 Å². The molecule has 0 atom stereocenters. The van der Waals surface area contributed by atoms with Gasteiger partial charge in [0, 0.05) is 28.4 Å². The molecule has 2 N–H and O–H groups in total. The lowest BCUT2D eigenvalue weighted by atomic mass is 10.1. The molecule has 2 aromatic carbocycles. The Morgan fingerprint density at radius 3 is 2.62 bits per heavy atom. The Hall–Kier alpha value is -2.99. The van der Waals surface area contributed by atoms with Gasteiger partial charge in [-0.2, -0.15) is 0 Å². The smallest absolute Gasteiger partial charge is 0.250 e.